The number of hydrogen-bond donors (Lipinski definition) is 0. The highest BCUT2D eigenvalue weighted by Gasteiger charge is 2.58. The van der Waals surface area contributed by atoms with Crippen LogP contribution >= 0.6 is 0 Å². The van der Waals surface area contributed by atoms with Crippen LogP contribution in [0.5, 0.6) is 5.75 Å². The minimum absolute atomic E-state index is 0.0234. The Morgan fingerprint density at radius 3 is 2.71 bits per heavy atom. The van der Waals surface area contributed by atoms with E-state index in [1.54, 1.807) is 7.11 Å². The summed E-state index contributed by atoms with van der Waals surface area (Å²) in [6.45, 7) is 9.57. The Kier molecular flexibility index (Phi) is 4.48. The highest BCUT2D eigenvalue weighted by atomic mass is 16.5. The number of likely N-dealkylation sites (tertiary alicyclic amines) is 1. The molecule has 1 fully saturated rings. The lowest BCUT2D eigenvalue weighted by Crippen LogP contribution is -2.54. The Bertz CT molecular complexity index is 691. The van der Waals surface area contributed by atoms with Gasteiger partial charge in [0, 0.05) is 11.6 Å². The molecule has 3 aliphatic rings. The maximum atomic E-state index is 6.39. The third-order valence-electron chi connectivity index (χ3n) is 5.78. The van der Waals surface area contributed by atoms with Gasteiger partial charge in [-0.15, -0.1) is 0 Å². The second-order valence-electron chi connectivity index (χ2n) is 6.72. The number of nitrogens with zero attached hydrogens (tertiary/aromatic N) is 1. The van der Waals surface area contributed by atoms with Crippen molar-refractivity contribution in [2.24, 2.45) is 0 Å². The number of rotatable bonds is 1. The lowest BCUT2D eigenvalue weighted by atomic mass is 9.61. The quantitative estimate of drug-likeness (QED) is 0.771. The molecule has 130 valence electrons. The van der Waals surface area contributed by atoms with E-state index in [-0.39, 0.29) is 11.5 Å². The van der Waals surface area contributed by atoms with Crippen molar-refractivity contribution < 1.29 is 9.47 Å². The van der Waals surface area contributed by atoms with Gasteiger partial charge in [-0.1, -0.05) is 32.1 Å². The molecule has 0 bridgehead atoms. The molecule has 2 unspecified atom stereocenters. The standard InChI is InChI=1S/C19H23NO2.C2H6/c1-12-6-5-7-15-17(12)19-10-11-20(3)13(2)14(19)8-9-16(21-4)18(19)22-15;1-2/h5-9,13,18H,10-11H2,1-4H3;1-2H3/t13?,18-,19?;/m0./s1. The van der Waals surface area contributed by atoms with Gasteiger partial charge in [0.25, 0.3) is 0 Å². The molecule has 4 rings (SSSR count). The van der Waals surface area contributed by atoms with E-state index in [0.29, 0.717) is 6.04 Å². The fourth-order valence-corrected chi connectivity index (χ4v) is 4.55. The number of benzene rings is 1. The Morgan fingerprint density at radius 2 is 2.00 bits per heavy atom. The van der Waals surface area contributed by atoms with Crippen molar-refractivity contribution in [3.8, 4) is 5.75 Å². The van der Waals surface area contributed by atoms with Crippen molar-refractivity contribution in [3.05, 3.63) is 52.8 Å². The molecule has 0 saturated carbocycles. The van der Waals surface area contributed by atoms with E-state index in [2.05, 4.69) is 56.1 Å². The molecule has 24 heavy (non-hydrogen) atoms. The summed E-state index contributed by atoms with van der Waals surface area (Å²) < 4.78 is 12.0. The van der Waals surface area contributed by atoms with Gasteiger partial charge in [-0.25, -0.2) is 0 Å². The molecule has 2 aliphatic heterocycles. The summed E-state index contributed by atoms with van der Waals surface area (Å²) in [7, 11) is 3.95. The molecule has 0 amide bonds. The van der Waals surface area contributed by atoms with Crippen LogP contribution in [-0.4, -0.2) is 37.7 Å². The van der Waals surface area contributed by atoms with Gasteiger partial charge < -0.3 is 9.47 Å². The number of likely N-dealkylation sites (N-methyl/N-ethyl adjacent to an activating group) is 1. The predicted octanol–water partition coefficient (Wildman–Crippen LogP) is 4.21. The van der Waals surface area contributed by atoms with Gasteiger partial charge in [0.2, 0.25) is 0 Å². The minimum atomic E-state index is -0.0628. The third-order valence-corrected chi connectivity index (χ3v) is 5.78. The molecule has 0 radical (unpaired) electrons. The summed E-state index contributed by atoms with van der Waals surface area (Å²) in [5.74, 6) is 1.97. The molecule has 2 heterocycles. The first-order chi connectivity index (χ1) is 11.6. The zero-order valence-electron chi connectivity index (χ0n) is 15.7. The molecular weight excluding hydrogens is 298 g/mol. The van der Waals surface area contributed by atoms with Crippen LogP contribution in [0.1, 0.15) is 38.3 Å². The summed E-state index contributed by atoms with van der Waals surface area (Å²) in [6, 6.07) is 6.80. The van der Waals surface area contributed by atoms with Crippen LogP contribution < -0.4 is 4.74 Å². The molecule has 0 N–H and O–H groups in total. The molecule has 1 aromatic rings. The van der Waals surface area contributed by atoms with Crippen LogP contribution in [0, 0.1) is 6.92 Å². The van der Waals surface area contributed by atoms with Crippen LogP contribution in [0.15, 0.2) is 41.7 Å². The fourth-order valence-electron chi connectivity index (χ4n) is 4.55. The summed E-state index contributed by atoms with van der Waals surface area (Å²) in [4.78, 5) is 2.43. The smallest absolute Gasteiger partial charge is 0.169 e. The lowest BCUT2D eigenvalue weighted by Gasteiger charge is -2.48. The zero-order chi connectivity index (χ0) is 17.5. The molecule has 0 aromatic heterocycles. The van der Waals surface area contributed by atoms with E-state index in [1.165, 1.54) is 16.7 Å². The monoisotopic (exact) mass is 327 g/mol. The Labute approximate surface area is 146 Å². The summed E-state index contributed by atoms with van der Waals surface area (Å²) in [5, 5.41) is 0. The Hall–Kier alpha value is -1.74. The van der Waals surface area contributed by atoms with Crippen molar-refractivity contribution in [2.75, 3.05) is 20.7 Å². The van der Waals surface area contributed by atoms with E-state index in [9.17, 15) is 0 Å². The van der Waals surface area contributed by atoms with Crippen molar-refractivity contribution >= 4 is 0 Å². The number of ether oxygens (including phenoxy) is 2. The predicted molar refractivity (Wildman–Crippen MR) is 98.5 cm³/mol. The number of hydrogen-bond acceptors (Lipinski definition) is 3. The van der Waals surface area contributed by atoms with Crippen LogP contribution in [-0.2, 0) is 10.2 Å². The molecule has 1 aliphatic carbocycles. The van der Waals surface area contributed by atoms with E-state index >= 15 is 0 Å². The third kappa shape index (κ3) is 2.14. The molecule has 1 saturated heterocycles. The summed E-state index contributed by atoms with van der Waals surface area (Å²) in [6.07, 6.45) is 5.41. The van der Waals surface area contributed by atoms with Gasteiger partial charge >= 0.3 is 0 Å². The average molecular weight is 327 g/mol. The van der Waals surface area contributed by atoms with Crippen LogP contribution in [0.25, 0.3) is 0 Å². The van der Waals surface area contributed by atoms with Gasteiger partial charge in [-0.05, 0) is 57.1 Å². The van der Waals surface area contributed by atoms with Crippen molar-refractivity contribution in [3.63, 3.8) is 0 Å². The molecule has 3 atom stereocenters. The number of piperidine rings is 1. The first-order valence-corrected chi connectivity index (χ1v) is 9.03. The topological polar surface area (TPSA) is 21.7 Å². The van der Waals surface area contributed by atoms with Gasteiger partial charge in [0.15, 0.2) is 6.10 Å². The van der Waals surface area contributed by atoms with Crippen molar-refractivity contribution in [1.82, 2.24) is 4.90 Å². The SMILES string of the molecule is CC.COC1=CC=C2C(C)N(C)CCC23c2c(C)cccc2O[C@@H]13. The van der Waals surface area contributed by atoms with Crippen LogP contribution in [0.4, 0.5) is 0 Å². The molecule has 3 heteroatoms. The number of allylic oxidation sites excluding steroid dienone is 2. The molecule has 3 nitrogen and oxygen atoms in total. The maximum absolute atomic E-state index is 6.39. The second-order valence-corrected chi connectivity index (χ2v) is 6.72. The number of fused-ring (bicyclic) bond motifs is 1. The van der Waals surface area contributed by atoms with Crippen LogP contribution in [0.2, 0.25) is 0 Å². The molecular formula is C21H29NO2. The van der Waals surface area contributed by atoms with Gasteiger partial charge in [0.05, 0.1) is 12.5 Å². The van der Waals surface area contributed by atoms with Gasteiger partial charge in [-0.3, -0.25) is 4.90 Å². The van der Waals surface area contributed by atoms with Crippen LogP contribution in [0.3, 0.4) is 0 Å². The normalized spacial score (nSPS) is 30.6. The maximum Gasteiger partial charge on any atom is 0.169 e. The van der Waals surface area contributed by atoms with Crippen molar-refractivity contribution in [2.45, 2.75) is 51.7 Å². The second kappa shape index (κ2) is 6.29. The lowest BCUT2D eigenvalue weighted by molar-refractivity contribution is 0.0817. The minimum Gasteiger partial charge on any atom is -0.497 e. The summed E-state index contributed by atoms with van der Waals surface area (Å²) in [5.41, 5.74) is 4.08. The van der Waals surface area contributed by atoms with E-state index in [1.807, 2.05) is 13.8 Å². The summed E-state index contributed by atoms with van der Waals surface area (Å²) >= 11 is 0. The highest BCUT2D eigenvalue weighted by Crippen LogP contribution is 2.57. The molecule has 1 aromatic carbocycles. The Balaban J connectivity index is 0.000000815. The van der Waals surface area contributed by atoms with Crippen molar-refractivity contribution in [1.29, 1.82) is 0 Å². The molecule has 1 spiro atoms. The van der Waals surface area contributed by atoms with Gasteiger partial charge in [0.1, 0.15) is 11.5 Å². The number of methoxy groups -OCH3 is 1. The van der Waals surface area contributed by atoms with E-state index in [4.69, 9.17) is 9.47 Å². The van der Waals surface area contributed by atoms with E-state index in [0.717, 1.165) is 24.5 Å². The van der Waals surface area contributed by atoms with E-state index < -0.39 is 0 Å². The first-order valence-electron chi connectivity index (χ1n) is 9.03. The number of aryl methyl sites for hydroxylation is 1. The first kappa shape index (κ1) is 17.1. The van der Waals surface area contributed by atoms with Gasteiger partial charge in [-0.2, -0.15) is 0 Å². The fraction of sp³-hybridized carbons (Fsp3) is 0.524. The average Bonchev–Trinajstić information content (AvgIpc) is 2.95. The Morgan fingerprint density at radius 1 is 1.25 bits per heavy atom. The highest BCUT2D eigenvalue weighted by molar-refractivity contribution is 5.60. The zero-order valence-corrected chi connectivity index (χ0v) is 15.7. The largest absolute Gasteiger partial charge is 0.497 e.